The Bertz CT molecular complexity index is 1730. The lowest BCUT2D eigenvalue weighted by atomic mass is 9.82. The molecular formula is C34H22Br2N2OS2. The van der Waals surface area contributed by atoms with Crippen LogP contribution in [0.15, 0.2) is 148 Å². The van der Waals surface area contributed by atoms with Gasteiger partial charge in [0.05, 0.1) is 10.4 Å². The second-order valence-corrected chi connectivity index (χ2v) is 14.5. The molecule has 7 rings (SSSR count). The highest BCUT2D eigenvalue weighted by atomic mass is 79.9. The van der Waals surface area contributed by atoms with Crippen molar-refractivity contribution in [2.24, 2.45) is 5.10 Å². The first kappa shape index (κ1) is 26.8. The Morgan fingerprint density at radius 2 is 1.15 bits per heavy atom. The Labute approximate surface area is 264 Å². The van der Waals surface area contributed by atoms with E-state index in [4.69, 9.17) is 5.10 Å². The smallest absolute Gasteiger partial charge is 0.219 e. The molecule has 2 heterocycles. The van der Waals surface area contributed by atoms with Crippen molar-refractivity contribution >= 4 is 71.9 Å². The minimum absolute atomic E-state index is 0.0729. The van der Waals surface area contributed by atoms with Crippen molar-refractivity contribution in [3.8, 4) is 0 Å². The third-order valence-electron chi connectivity index (χ3n) is 7.38. The van der Waals surface area contributed by atoms with E-state index in [0.29, 0.717) is 10.6 Å². The number of halogens is 2. The van der Waals surface area contributed by atoms with Crippen molar-refractivity contribution in [1.82, 2.24) is 0 Å². The molecule has 0 saturated carbocycles. The Morgan fingerprint density at radius 3 is 1.73 bits per heavy atom. The van der Waals surface area contributed by atoms with E-state index in [-0.39, 0.29) is 5.78 Å². The van der Waals surface area contributed by atoms with Gasteiger partial charge in [-0.2, -0.15) is 5.10 Å². The largest absolute Gasteiger partial charge is 0.286 e. The monoisotopic (exact) mass is 696 g/mol. The van der Waals surface area contributed by atoms with Gasteiger partial charge in [-0.3, -0.25) is 4.79 Å². The quantitative estimate of drug-likeness (QED) is 0.171. The predicted molar refractivity (Wildman–Crippen MR) is 179 cm³/mol. The lowest BCUT2D eigenvalue weighted by Gasteiger charge is -2.37. The number of hydrogen-bond acceptors (Lipinski definition) is 5. The number of benzene rings is 5. The van der Waals surface area contributed by atoms with Gasteiger partial charge in [0.15, 0.2) is 9.25 Å². The molecule has 0 unspecified atom stereocenters. The lowest BCUT2D eigenvalue weighted by Crippen LogP contribution is -2.34. The number of ketones is 1. The number of carbonyl (C=O) groups is 1. The summed E-state index contributed by atoms with van der Waals surface area (Å²) in [5.41, 5.74) is 6.20. The first-order valence-electron chi connectivity index (χ1n) is 13.1. The molecule has 7 heteroatoms. The highest BCUT2D eigenvalue weighted by Gasteiger charge is 2.61. The summed E-state index contributed by atoms with van der Waals surface area (Å²) in [6, 6.07) is 45.3. The number of fused-ring (bicyclic) bond motifs is 2. The summed E-state index contributed by atoms with van der Waals surface area (Å²) in [4.78, 5) is 13.9. The summed E-state index contributed by atoms with van der Waals surface area (Å²) in [6.07, 6.45) is 0. The molecule has 5 aromatic rings. The summed E-state index contributed by atoms with van der Waals surface area (Å²) in [5, 5.41) is 7.61. The Morgan fingerprint density at radius 1 is 0.634 bits per heavy atom. The molecule has 41 heavy (non-hydrogen) atoms. The van der Waals surface area contributed by atoms with Crippen molar-refractivity contribution in [2.75, 3.05) is 5.01 Å². The van der Waals surface area contributed by atoms with Gasteiger partial charge in [-0.15, -0.1) is 0 Å². The van der Waals surface area contributed by atoms with Crippen LogP contribution in [-0.4, -0.2) is 10.8 Å². The molecule has 1 atom stereocenters. The number of carbonyl (C=O) groups excluding carboxylic acids is 1. The molecule has 3 nitrogen and oxygen atoms in total. The highest BCUT2D eigenvalue weighted by molar-refractivity contribution is 9.10. The second-order valence-electron chi connectivity index (χ2n) is 9.77. The van der Waals surface area contributed by atoms with Gasteiger partial charge in [-0.05, 0) is 53.1 Å². The summed E-state index contributed by atoms with van der Waals surface area (Å²) >= 11 is 10.6. The van der Waals surface area contributed by atoms with Gasteiger partial charge in [0.25, 0.3) is 0 Å². The lowest BCUT2D eigenvalue weighted by molar-refractivity contribution is 0.106. The Hall–Kier alpha value is -3.10. The Balaban J connectivity index is 1.48. The van der Waals surface area contributed by atoms with E-state index >= 15 is 0 Å². The number of hydrazone groups is 1. The molecule has 0 aromatic heterocycles. The first-order valence-corrected chi connectivity index (χ1v) is 16.3. The van der Waals surface area contributed by atoms with E-state index in [2.05, 4.69) is 122 Å². The number of hydrogen-bond donors (Lipinski definition) is 0. The minimum atomic E-state index is -0.724. The van der Waals surface area contributed by atoms with Crippen LogP contribution in [0.2, 0.25) is 0 Å². The number of rotatable bonds is 5. The summed E-state index contributed by atoms with van der Waals surface area (Å²) < 4.78 is 0.772. The third-order valence-corrected chi connectivity index (χ3v) is 11.7. The number of nitrogens with zero attached hydrogens (tertiary/aromatic N) is 2. The van der Waals surface area contributed by atoms with Gasteiger partial charge < -0.3 is 0 Å². The maximum absolute atomic E-state index is 13.9. The van der Waals surface area contributed by atoms with E-state index in [9.17, 15) is 4.79 Å². The van der Waals surface area contributed by atoms with Crippen molar-refractivity contribution < 1.29 is 4.79 Å². The van der Waals surface area contributed by atoms with Gasteiger partial charge in [0.2, 0.25) is 5.78 Å². The molecule has 0 aliphatic carbocycles. The van der Waals surface area contributed by atoms with Gasteiger partial charge in [0, 0.05) is 20.1 Å². The summed E-state index contributed by atoms with van der Waals surface area (Å²) in [5.74, 6) is -0.0729. The SMILES string of the molecule is O=C(C1=NN(c2ccccc2)[C@@]2(S1)SC(c1ccc(Br)cc1)(c1ccc(Br)cc1)c1ccccc12)c1ccccc1. The summed E-state index contributed by atoms with van der Waals surface area (Å²) in [6.45, 7) is 0. The zero-order valence-corrected chi connectivity index (χ0v) is 26.4. The van der Waals surface area contributed by atoms with E-state index in [0.717, 1.165) is 31.3 Å². The Kier molecular flexibility index (Phi) is 6.94. The number of thioether (sulfide) groups is 2. The number of anilines is 1. The molecule has 0 N–H and O–H groups in total. The van der Waals surface area contributed by atoms with Gasteiger partial charge in [-0.1, -0.05) is 152 Å². The van der Waals surface area contributed by atoms with Crippen LogP contribution >= 0.6 is 55.4 Å². The van der Waals surface area contributed by atoms with Crippen LogP contribution in [0.4, 0.5) is 5.69 Å². The zero-order valence-electron chi connectivity index (χ0n) is 21.6. The fourth-order valence-electron chi connectivity index (χ4n) is 5.53. The van der Waals surface area contributed by atoms with Crippen LogP contribution in [0, 0.1) is 0 Å². The van der Waals surface area contributed by atoms with Crippen LogP contribution in [0.25, 0.3) is 0 Å². The average Bonchev–Trinajstić information content (AvgIpc) is 3.55. The fourth-order valence-corrected chi connectivity index (χ4v) is 9.69. The molecular weight excluding hydrogens is 676 g/mol. The molecule has 0 bridgehead atoms. The van der Waals surface area contributed by atoms with Crippen molar-refractivity contribution in [3.05, 3.63) is 170 Å². The molecule has 0 fully saturated rings. The van der Waals surface area contributed by atoms with Crippen molar-refractivity contribution in [2.45, 2.75) is 8.95 Å². The molecule has 0 saturated heterocycles. The number of para-hydroxylation sites is 1. The molecule has 200 valence electrons. The summed E-state index contributed by atoms with van der Waals surface area (Å²) in [7, 11) is 0. The molecule has 5 aromatic carbocycles. The normalized spacial score (nSPS) is 18.8. The van der Waals surface area contributed by atoms with E-state index in [1.165, 1.54) is 17.3 Å². The highest BCUT2D eigenvalue weighted by Crippen LogP contribution is 2.71. The predicted octanol–water partition coefficient (Wildman–Crippen LogP) is 9.81. The van der Waals surface area contributed by atoms with E-state index in [1.54, 1.807) is 0 Å². The zero-order chi connectivity index (χ0) is 28.0. The van der Waals surface area contributed by atoms with Gasteiger partial charge >= 0.3 is 0 Å². The molecule has 1 spiro atoms. The van der Waals surface area contributed by atoms with Gasteiger partial charge in [-0.25, -0.2) is 5.01 Å². The second kappa shape index (κ2) is 10.6. The van der Waals surface area contributed by atoms with Crippen molar-refractivity contribution in [1.29, 1.82) is 0 Å². The standard InChI is InChI=1S/C34H22Br2N2OS2/c35-26-19-15-24(16-20-26)33(25-17-21-27(36)22-18-25)29-13-7-8-14-30(29)34(41-33)38(28-11-5-2-6-12-28)37-32(40-34)31(39)23-9-3-1-4-10-23/h1-22H/t34-/m0/s1. The molecule has 0 radical (unpaired) electrons. The van der Waals surface area contributed by atoms with Crippen LogP contribution in [0.3, 0.4) is 0 Å². The van der Waals surface area contributed by atoms with Crippen LogP contribution in [-0.2, 0) is 8.95 Å². The third kappa shape index (κ3) is 4.41. The first-order chi connectivity index (χ1) is 20.0. The topological polar surface area (TPSA) is 32.7 Å². The average molecular weight is 699 g/mol. The maximum atomic E-state index is 13.9. The van der Waals surface area contributed by atoms with Crippen LogP contribution in [0.1, 0.15) is 32.6 Å². The van der Waals surface area contributed by atoms with Crippen LogP contribution < -0.4 is 5.01 Å². The molecule has 2 aliphatic rings. The van der Waals surface area contributed by atoms with E-state index in [1.807, 2.05) is 60.3 Å². The van der Waals surface area contributed by atoms with Crippen LogP contribution in [0.5, 0.6) is 0 Å². The maximum Gasteiger partial charge on any atom is 0.219 e. The van der Waals surface area contributed by atoms with Gasteiger partial charge in [0.1, 0.15) is 0 Å². The minimum Gasteiger partial charge on any atom is -0.286 e. The molecule has 0 amide bonds. The number of Topliss-reactive ketones (excluding diaryl/α,β-unsaturated/α-hetero) is 1. The van der Waals surface area contributed by atoms with E-state index < -0.39 is 8.95 Å². The van der Waals surface area contributed by atoms with Crippen molar-refractivity contribution in [3.63, 3.8) is 0 Å². The fraction of sp³-hybridized carbons (Fsp3) is 0.0588. The molecule has 2 aliphatic heterocycles.